The second kappa shape index (κ2) is 15.8. The third kappa shape index (κ3) is 13.0. The molecule has 0 aliphatic rings. The lowest BCUT2D eigenvalue weighted by atomic mass is 10.0. The minimum absolute atomic E-state index is 0.0439. The molecule has 3 unspecified atom stereocenters. The molecule has 3 atom stereocenters. The normalized spacial score (nSPS) is 13.7. The van der Waals surface area contributed by atoms with Crippen LogP contribution in [0.15, 0.2) is 60.7 Å². The fraction of sp³-hybridized carbons (Fsp3) is 0.467. The fourth-order valence-electron chi connectivity index (χ4n) is 3.91. The third-order valence-corrected chi connectivity index (χ3v) is 5.81. The molecule has 0 bridgehead atoms. The van der Waals surface area contributed by atoms with Crippen molar-refractivity contribution in [2.24, 2.45) is 0 Å². The van der Waals surface area contributed by atoms with Crippen molar-refractivity contribution in [3.05, 3.63) is 71.8 Å². The highest BCUT2D eigenvalue weighted by atomic mass is 19.4. The summed E-state index contributed by atoms with van der Waals surface area (Å²) in [7, 11) is 0. The Morgan fingerprint density at radius 2 is 1.19 bits per heavy atom. The number of hydrogen-bond donors (Lipinski definition) is 3. The zero-order valence-corrected chi connectivity index (χ0v) is 24.1. The van der Waals surface area contributed by atoms with Gasteiger partial charge in [-0.1, -0.05) is 60.7 Å². The molecule has 2 aromatic carbocycles. The minimum atomic E-state index is -4.56. The maximum absolute atomic E-state index is 13.5. The van der Waals surface area contributed by atoms with E-state index < -0.39 is 66.6 Å². The number of nitrogens with one attached hydrogen (secondary N) is 3. The van der Waals surface area contributed by atoms with Crippen LogP contribution in [0.3, 0.4) is 0 Å². The van der Waals surface area contributed by atoms with E-state index in [2.05, 4.69) is 16.0 Å². The van der Waals surface area contributed by atoms with E-state index in [0.29, 0.717) is 11.1 Å². The first-order chi connectivity index (χ1) is 19.7. The summed E-state index contributed by atoms with van der Waals surface area (Å²) in [5.41, 5.74) is 0.513. The van der Waals surface area contributed by atoms with Crippen molar-refractivity contribution in [3.8, 4) is 0 Å². The number of rotatable bonds is 13. The van der Waals surface area contributed by atoms with E-state index in [0.717, 1.165) is 0 Å². The van der Waals surface area contributed by atoms with Crippen molar-refractivity contribution in [3.63, 3.8) is 0 Å². The summed E-state index contributed by atoms with van der Waals surface area (Å²) in [5, 5.41) is 7.47. The van der Waals surface area contributed by atoms with Gasteiger partial charge in [0.05, 0.1) is 6.61 Å². The molecule has 2 rings (SSSR count). The van der Waals surface area contributed by atoms with Crippen LogP contribution in [0.5, 0.6) is 0 Å². The van der Waals surface area contributed by atoms with E-state index >= 15 is 0 Å². The van der Waals surface area contributed by atoms with E-state index in [4.69, 9.17) is 9.47 Å². The molecule has 2 aromatic rings. The number of alkyl carbamates (subject to hydrolysis) is 1. The molecular weight excluding hydrogens is 555 g/mol. The molecule has 42 heavy (non-hydrogen) atoms. The number of esters is 1. The molecule has 0 saturated heterocycles. The van der Waals surface area contributed by atoms with E-state index in [1.165, 1.54) is 6.92 Å². The van der Waals surface area contributed by atoms with E-state index in [1.54, 1.807) is 81.4 Å². The first-order valence-corrected chi connectivity index (χ1v) is 13.6. The highest BCUT2D eigenvalue weighted by Crippen LogP contribution is 2.22. The minimum Gasteiger partial charge on any atom is -0.464 e. The van der Waals surface area contributed by atoms with Crippen LogP contribution in [-0.2, 0) is 36.7 Å². The maximum atomic E-state index is 13.5. The summed E-state index contributed by atoms with van der Waals surface area (Å²) in [6, 6.07) is 13.4. The smallest absolute Gasteiger partial charge is 0.408 e. The quantitative estimate of drug-likeness (QED) is 0.299. The number of ether oxygens (including phenoxy) is 2. The Bertz CT molecular complexity index is 1170. The molecule has 0 saturated carbocycles. The molecule has 0 aliphatic heterocycles. The number of amides is 3. The summed E-state index contributed by atoms with van der Waals surface area (Å²) in [5.74, 6) is -2.64. The highest BCUT2D eigenvalue weighted by Gasteiger charge is 2.34. The highest BCUT2D eigenvalue weighted by molar-refractivity contribution is 5.93. The van der Waals surface area contributed by atoms with Crippen LogP contribution in [0.4, 0.5) is 18.0 Å². The van der Waals surface area contributed by atoms with Crippen LogP contribution in [0, 0.1) is 0 Å². The number of alkyl halides is 3. The SMILES string of the molecule is CCOC(=O)C(CCC(F)(F)F)NC(=O)C(Cc1ccccc1)NC(=O)C(Cc1ccccc1)NC(=O)OC(C)(C)C. The van der Waals surface area contributed by atoms with Crippen molar-refractivity contribution in [2.45, 2.75) is 83.3 Å². The Balaban J connectivity index is 2.32. The molecule has 3 N–H and O–H groups in total. The van der Waals surface area contributed by atoms with E-state index in [1.807, 2.05) is 0 Å². The van der Waals surface area contributed by atoms with Crippen molar-refractivity contribution in [2.75, 3.05) is 6.61 Å². The van der Waals surface area contributed by atoms with Gasteiger partial charge in [0, 0.05) is 19.3 Å². The monoisotopic (exact) mass is 593 g/mol. The molecule has 9 nitrogen and oxygen atoms in total. The van der Waals surface area contributed by atoms with Gasteiger partial charge in [0.2, 0.25) is 11.8 Å². The van der Waals surface area contributed by atoms with Crippen LogP contribution >= 0.6 is 0 Å². The molecule has 0 aliphatic carbocycles. The van der Waals surface area contributed by atoms with Crippen molar-refractivity contribution in [1.82, 2.24) is 16.0 Å². The van der Waals surface area contributed by atoms with E-state index in [9.17, 15) is 32.3 Å². The van der Waals surface area contributed by atoms with Gasteiger partial charge in [-0.3, -0.25) is 9.59 Å². The molecular formula is C30H38F3N3O6. The first kappa shape index (κ1) is 34.1. The van der Waals surface area contributed by atoms with Crippen LogP contribution < -0.4 is 16.0 Å². The van der Waals surface area contributed by atoms with Crippen LogP contribution in [0.25, 0.3) is 0 Å². The lowest BCUT2D eigenvalue weighted by Crippen LogP contribution is -2.57. The Morgan fingerprint density at radius 1 is 0.738 bits per heavy atom. The zero-order chi connectivity index (χ0) is 31.3. The topological polar surface area (TPSA) is 123 Å². The van der Waals surface area contributed by atoms with Gasteiger partial charge in [-0.05, 0) is 45.2 Å². The summed E-state index contributed by atoms with van der Waals surface area (Å²) in [4.78, 5) is 51.9. The van der Waals surface area contributed by atoms with Gasteiger partial charge < -0.3 is 25.4 Å². The van der Waals surface area contributed by atoms with Crippen molar-refractivity contribution >= 4 is 23.9 Å². The largest absolute Gasteiger partial charge is 0.464 e. The summed E-state index contributed by atoms with van der Waals surface area (Å²) in [6.45, 7) is 6.38. The summed E-state index contributed by atoms with van der Waals surface area (Å²) in [6.07, 6.45) is -7.47. The van der Waals surface area contributed by atoms with Crippen molar-refractivity contribution < 1.29 is 41.8 Å². The van der Waals surface area contributed by atoms with E-state index in [-0.39, 0.29) is 19.4 Å². The Labute approximate surface area is 243 Å². The predicted molar refractivity (Wildman–Crippen MR) is 149 cm³/mol. The molecule has 0 spiro atoms. The van der Waals surface area contributed by atoms with Gasteiger partial charge in [0.1, 0.15) is 23.7 Å². The second-order valence-electron chi connectivity index (χ2n) is 10.6. The number of benzene rings is 2. The van der Waals surface area contributed by atoms with Crippen LogP contribution in [0.1, 0.15) is 51.7 Å². The van der Waals surface area contributed by atoms with Gasteiger partial charge in [-0.25, -0.2) is 9.59 Å². The second-order valence-corrected chi connectivity index (χ2v) is 10.6. The third-order valence-electron chi connectivity index (χ3n) is 5.81. The van der Waals surface area contributed by atoms with Gasteiger partial charge in [-0.2, -0.15) is 13.2 Å². The summed E-state index contributed by atoms with van der Waals surface area (Å²) >= 11 is 0. The molecule has 0 fully saturated rings. The van der Waals surface area contributed by atoms with Crippen LogP contribution in [0.2, 0.25) is 0 Å². The Hall–Kier alpha value is -4.09. The average Bonchev–Trinajstić information content (AvgIpc) is 2.89. The fourth-order valence-corrected chi connectivity index (χ4v) is 3.91. The lowest BCUT2D eigenvalue weighted by molar-refractivity contribution is -0.152. The number of carbonyl (C=O) groups excluding carboxylic acids is 4. The maximum Gasteiger partial charge on any atom is 0.408 e. The molecule has 0 radical (unpaired) electrons. The molecule has 3 amide bonds. The molecule has 230 valence electrons. The first-order valence-electron chi connectivity index (χ1n) is 13.6. The Morgan fingerprint density at radius 3 is 1.62 bits per heavy atom. The predicted octanol–water partition coefficient (Wildman–Crippen LogP) is 4.24. The number of carbonyl (C=O) groups is 4. The van der Waals surface area contributed by atoms with Gasteiger partial charge >= 0.3 is 18.2 Å². The zero-order valence-electron chi connectivity index (χ0n) is 24.1. The molecule has 0 heterocycles. The molecule has 0 aromatic heterocycles. The average molecular weight is 594 g/mol. The lowest BCUT2D eigenvalue weighted by Gasteiger charge is -2.26. The van der Waals surface area contributed by atoms with Gasteiger partial charge in [0.15, 0.2) is 0 Å². The van der Waals surface area contributed by atoms with Gasteiger partial charge in [-0.15, -0.1) is 0 Å². The number of halogens is 3. The Kier molecular flexibility index (Phi) is 12.8. The van der Waals surface area contributed by atoms with Crippen LogP contribution in [-0.4, -0.2) is 60.4 Å². The van der Waals surface area contributed by atoms with Crippen molar-refractivity contribution in [1.29, 1.82) is 0 Å². The standard InChI is InChI=1S/C30H38F3N3O6/c1-5-41-27(39)22(16-17-30(31,32)33)34-25(37)23(18-20-12-8-6-9-13-20)35-26(38)24(19-21-14-10-7-11-15-21)36-28(40)42-29(2,3)4/h6-15,22-24H,5,16-19H2,1-4H3,(H,34,37)(H,35,38)(H,36,40). The summed E-state index contributed by atoms with van der Waals surface area (Å²) < 4.78 is 49.0. The number of hydrogen-bond acceptors (Lipinski definition) is 6. The molecule has 12 heteroatoms. The van der Waals surface area contributed by atoms with Gasteiger partial charge in [0.25, 0.3) is 0 Å².